The number of nitrogens with zero attached hydrogens (tertiary/aromatic N) is 2. The van der Waals surface area contributed by atoms with E-state index in [4.69, 9.17) is 0 Å². The Bertz CT molecular complexity index is 584. The predicted octanol–water partition coefficient (Wildman–Crippen LogP) is 2.60. The summed E-state index contributed by atoms with van der Waals surface area (Å²) in [5.41, 5.74) is 2.83. The van der Waals surface area contributed by atoms with Crippen molar-refractivity contribution < 1.29 is 4.79 Å². The molecule has 0 radical (unpaired) electrons. The first-order valence-corrected chi connectivity index (χ1v) is 5.72. The largest absolute Gasteiger partial charge is 0.323 e. The molecule has 2 aromatic rings. The zero-order valence-corrected chi connectivity index (χ0v) is 10.4. The van der Waals surface area contributed by atoms with Gasteiger partial charge in [0.25, 0.3) is 0 Å². The maximum atomic E-state index is 11.5. The fourth-order valence-corrected chi connectivity index (χ4v) is 1.68. The molecule has 0 bridgehead atoms. The molecule has 2 rings (SSSR count). The van der Waals surface area contributed by atoms with E-state index >= 15 is 0 Å². The highest BCUT2D eigenvalue weighted by Gasteiger charge is 2.02. The van der Waals surface area contributed by atoms with Crippen molar-refractivity contribution in [3.8, 4) is 11.1 Å². The van der Waals surface area contributed by atoms with Gasteiger partial charge in [-0.1, -0.05) is 18.2 Å². The topological polar surface area (TPSA) is 46.9 Å². The Hall–Kier alpha value is -2.36. The second kappa shape index (κ2) is 5.31. The van der Waals surface area contributed by atoms with Crippen molar-refractivity contribution in [2.75, 3.05) is 5.32 Å². The van der Waals surface area contributed by atoms with Crippen LogP contribution in [0.4, 0.5) is 5.69 Å². The molecule has 18 heavy (non-hydrogen) atoms. The van der Waals surface area contributed by atoms with Gasteiger partial charge in [-0.05, 0) is 30.7 Å². The number of benzene rings is 1. The third kappa shape index (κ3) is 2.85. The lowest BCUT2D eigenvalue weighted by atomic mass is 10.1. The zero-order chi connectivity index (χ0) is 13.0. The summed E-state index contributed by atoms with van der Waals surface area (Å²) in [7, 11) is 1.88. The minimum Gasteiger partial charge on any atom is -0.323 e. The molecule has 0 unspecified atom stereocenters. The van der Waals surface area contributed by atoms with Gasteiger partial charge in [-0.25, -0.2) is 0 Å². The number of aryl methyl sites for hydroxylation is 1. The van der Waals surface area contributed by atoms with Crippen molar-refractivity contribution in [2.24, 2.45) is 7.05 Å². The lowest BCUT2D eigenvalue weighted by molar-refractivity contribution is -0.111. The van der Waals surface area contributed by atoms with Crippen LogP contribution in [0.3, 0.4) is 0 Å². The summed E-state index contributed by atoms with van der Waals surface area (Å²) in [6, 6.07) is 7.69. The zero-order valence-electron chi connectivity index (χ0n) is 10.4. The Morgan fingerprint density at radius 3 is 2.89 bits per heavy atom. The first-order valence-electron chi connectivity index (χ1n) is 5.72. The molecule has 4 nitrogen and oxygen atoms in total. The molecule has 1 N–H and O–H groups in total. The number of allylic oxidation sites excluding steroid dienone is 1. The molecular weight excluding hydrogens is 226 g/mol. The Morgan fingerprint density at radius 1 is 1.39 bits per heavy atom. The third-order valence-electron chi connectivity index (χ3n) is 2.49. The van der Waals surface area contributed by atoms with E-state index < -0.39 is 0 Å². The van der Waals surface area contributed by atoms with Crippen molar-refractivity contribution in [3.05, 3.63) is 48.8 Å². The quantitative estimate of drug-likeness (QED) is 0.840. The minimum absolute atomic E-state index is 0.124. The van der Waals surface area contributed by atoms with E-state index in [1.54, 1.807) is 17.0 Å². The Kier molecular flexibility index (Phi) is 3.57. The number of carbonyl (C=O) groups is 1. The van der Waals surface area contributed by atoms with E-state index in [9.17, 15) is 4.79 Å². The summed E-state index contributed by atoms with van der Waals surface area (Å²) >= 11 is 0. The Morgan fingerprint density at radius 2 is 2.22 bits per heavy atom. The van der Waals surface area contributed by atoms with Crippen LogP contribution < -0.4 is 5.32 Å². The number of aromatic nitrogens is 2. The highest BCUT2D eigenvalue weighted by atomic mass is 16.1. The van der Waals surface area contributed by atoms with Crippen LogP contribution in [0.1, 0.15) is 6.92 Å². The molecular formula is C14H15N3O. The maximum absolute atomic E-state index is 11.5. The molecule has 0 aliphatic heterocycles. The summed E-state index contributed by atoms with van der Waals surface area (Å²) in [5, 5.41) is 6.94. The van der Waals surface area contributed by atoms with Crippen molar-refractivity contribution in [1.82, 2.24) is 9.78 Å². The summed E-state index contributed by atoms with van der Waals surface area (Å²) in [6.45, 7) is 1.81. The van der Waals surface area contributed by atoms with Gasteiger partial charge in [0.2, 0.25) is 5.91 Å². The molecule has 0 saturated carbocycles. The van der Waals surface area contributed by atoms with Gasteiger partial charge in [-0.2, -0.15) is 5.10 Å². The Balaban J connectivity index is 2.22. The Labute approximate surface area is 106 Å². The highest BCUT2D eigenvalue weighted by molar-refractivity contribution is 5.99. The summed E-state index contributed by atoms with van der Waals surface area (Å²) < 4.78 is 1.75. The van der Waals surface area contributed by atoms with Gasteiger partial charge in [0.1, 0.15) is 0 Å². The van der Waals surface area contributed by atoms with Crippen LogP contribution in [0.2, 0.25) is 0 Å². The molecule has 1 aromatic carbocycles. The number of rotatable bonds is 3. The first kappa shape index (κ1) is 12.1. The smallest absolute Gasteiger partial charge is 0.248 e. The van der Waals surface area contributed by atoms with Gasteiger partial charge in [-0.3, -0.25) is 9.48 Å². The first-order chi connectivity index (χ1) is 8.69. The molecule has 0 aliphatic rings. The van der Waals surface area contributed by atoms with Gasteiger partial charge in [0, 0.05) is 24.5 Å². The lowest BCUT2D eigenvalue weighted by Crippen LogP contribution is -2.07. The van der Waals surface area contributed by atoms with E-state index in [-0.39, 0.29) is 5.91 Å². The van der Waals surface area contributed by atoms with Crippen LogP contribution in [-0.4, -0.2) is 15.7 Å². The van der Waals surface area contributed by atoms with Crippen molar-refractivity contribution in [2.45, 2.75) is 6.92 Å². The molecule has 0 saturated heterocycles. The van der Waals surface area contributed by atoms with E-state index in [0.29, 0.717) is 0 Å². The predicted molar refractivity (Wildman–Crippen MR) is 72.1 cm³/mol. The van der Waals surface area contributed by atoms with Crippen LogP contribution in [0.5, 0.6) is 0 Å². The van der Waals surface area contributed by atoms with Crippen LogP contribution in [0.15, 0.2) is 48.8 Å². The van der Waals surface area contributed by atoms with Gasteiger partial charge in [0.15, 0.2) is 0 Å². The average molecular weight is 241 g/mol. The van der Waals surface area contributed by atoms with Crippen LogP contribution >= 0.6 is 0 Å². The SMILES string of the molecule is C/C=C/C(=O)Nc1cccc(-c2cnn(C)c2)c1. The molecule has 4 heteroatoms. The van der Waals surface area contributed by atoms with E-state index in [0.717, 1.165) is 16.8 Å². The molecule has 0 fully saturated rings. The van der Waals surface area contributed by atoms with E-state index in [1.807, 2.05) is 44.4 Å². The van der Waals surface area contributed by atoms with Crippen molar-refractivity contribution >= 4 is 11.6 Å². The third-order valence-corrected chi connectivity index (χ3v) is 2.49. The molecule has 0 spiro atoms. The number of anilines is 1. The lowest BCUT2D eigenvalue weighted by Gasteiger charge is -2.04. The summed E-state index contributed by atoms with van der Waals surface area (Å²) in [4.78, 5) is 11.5. The van der Waals surface area contributed by atoms with E-state index in [2.05, 4.69) is 10.4 Å². The second-order valence-corrected chi connectivity index (χ2v) is 3.97. The number of carbonyl (C=O) groups excluding carboxylic acids is 1. The molecule has 1 heterocycles. The van der Waals surface area contributed by atoms with Crippen molar-refractivity contribution in [3.63, 3.8) is 0 Å². The average Bonchev–Trinajstić information content (AvgIpc) is 2.76. The number of nitrogens with one attached hydrogen (secondary N) is 1. The van der Waals surface area contributed by atoms with Gasteiger partial charge in [0.05, 0.1) is 6.20 Å². The van der Waals surface area contributed by atoms with Crippen molar-refractivity contribution in [1.29, 1.82) is 0 Å². The standard InChI is InChI=1S/C14H15N3O/c1-3-5-14(18)16-13-7-4-6-11(8-13)12-9-15-17(2)10-12/h3-10H,1-2H3,(H,16,18)/b5-3+. The molecule has 1 aromatic heterocycles. The number of amides is 1. The van der Waals surface area contributed by atoms with Gasteiger partial charge < -0.3 is 5.32 Å². The monoisotopic (exact) mass is 241 g/mol. The molecule has 92 valence electrons. The van der Waals surface area contributed by atoms with Gasteiger partial charge >= 0.3 is 0 Å². The van der Waals surface area contributed by atoms with E-state index in [1.165, 1.54) is 6.08 Å². The summed E-state index contributed by atoms with van der Waals surface area (Å²) in [5.74, 6) is -0.124. The fraction of sp³-hybridized carbons (Fsp3) is 0.143. The van der Waals surface area contributed by atoms with Crippen LogP contribution in [0, 0.1) is 0 Å². The van der Waals surface area contributed by atoms with Gasteiger partial charge in [-0.15, -0.1) is 0 Å². The summed E-state index contributed by atoms with van der Waals surface area (Å²) in [6.07, 6.45) is 6.94. The normalized spacial score (nSPS) is 10.8. The number of hydrogen-bond acceptors (Lipinski definition) is 2. The molecule has 0 aliphatic carbocycles. The van der Waals surface area contributed by atoms with Crippen LogP contribution in [-0.2, 0) is 11.8 Å². The fourth-order valence-electron chi connectivity index (χ4n) is 1.68. The molecule has 1 amide bonds. The number of hydrogen-bond donors (Lipinski definition) is 1. The highest BCUT2D eigenvalue weighted by Crippen LogP contribution is 2.21. The minimum atomic E-state index is -0.124. The molecule has 0 atom stereocenters. The second-order valence-electron chi connectivity index (χ2n) is 3.97. The maximum Gasteiger partial charge on any atom is 0.248 e. The van der Waals surface area contributed by atoms with Crippen LogP contribution in [0.25, 0.3) is 11.1 Å².